The Balaban J connectivity index is 1.65. The van der Waals surface area contributed by atoms with E-state index in [-0.39, 0.29) is 11.5 Å². The molecule has 0 atom stereocenters. The summed E-state index contributed by atoms with van der Waals surface area (Å²) in [4.78, 5) is 31.5. The number of amides is 1. The van der Waals surface area contributed by atoms with Gasteiger partial charge in [-0.1, -0.05) is 17.7 Å². The quantitative estimate of drug-likeness (QED) is 0.509. The van der Waals surface area contributed by atoms with Crippen LogP contribution in [0.1, 0.15) is 24.0 Å². The molecule has 0 aliphatic heterocycles. The molecule has 3 rings (SSSR count). The van der Waals surface area contributed by atoms with Crippen molar-refractivity contribution in [2.45, 2.75) is 32.9 Å². The number of fused-ring (bicyclic) bond motifs is 1. The first kappa shape index (κ1) is 23.1. The van der Waals surface area contributed by atoms with Gasteiger partial charge >= 0.3 is 0 Å². The van der Waals surface area contributed by atoms with Crippen molar-refractivity contribution in [3.05, 3.63) is 58.1 Å². The fourth-order valence-corrected chi connectivity index (χ4v) is 3.61. The maximum absolute atomic E-state index is 12.9. The summed E-state index contributed by atoms with van der Waals surface area (Å²) in [5.41, 5.74) is 2.43. The second-order valence-electron chi connectivity index (χ2n) is 7.64. The molecule has 32 heavy (non-hydrogen) atoms. The third-order valence-electron chi connectivity index (χ3n) is 5.39. The molecule has 3 aromatic rings. The number of rotatable bonds is 9. The Labute approximate surface area is 187 Å². The summed E-state index contributed by atoms with van der Waals surface area (Å²) in [6, 6.07) is 9.22. The summed E-state index contributed by atoms with van der Waals surface area (Å²) >= 11 is 0. The van der Waals surface area contributed by atoms with Crippen LogP contribution >= 0.6 is 0 Å². The van der Waals surface area contributed by atoms with Gasteiger partial charge in [0.1, 0.15) is 5.75 Å². The fraction of sp³-hybridized carbons (Fsp3) is 0.375. The summed E-state index contributed by atoms with van der Waals surface area (Å²) in [6.07, 6.45) is 2.35. The van der Waals surface area contributed by atoms with Crippen LogP contribution in [0, 0.1) is 6.92 Å². The smallest absolute Gasteiger partial charge is 0.261 e. The zero-order valence-corrected chi connectivity index (χ0v) is 19.2. The maximum atomic E-state index is 12.9. The molecule has 0 bridgehead atoms. The highest BCUT2D eigenvalue weighted by Crippen LogP contribution is 2.29. The summed E-state index contributed by atoms with van der Waals surface area (Å²) in [5, 5.41) is 0.445. The van der Waals surface area contributed by atoms with Crippen molar-refractivity contribution >= 4 is 16.8 Å². The van der Waals surface area contributed by atoms with Crippen molar-refractivity contribution in [1.82, 2.24) is 14.5 Å². The highest BCUT2D eigenvalue weighted by atomic mass is 16.5. The van der Waals surface area contributed by atoms with Gasteiger partial charge in [0.15, 0.2) is 11.5 Å². The van der Waals surface area contributed by atoms with Crippen molar-refractivity contribution in [3.8, 4) is 17.2 Å². The molecular weight excluding hydrogens is 410 g/mol. The van der Waals surface area contributed by atoms with E-state index >= 15 is 0 Å². The molecule has 1 aromatic heterocycles. The lowest BCUT2D eigenvalue weighted by molar-refractivity contribution is -0.130. The van der Waals surface area contributed by atoms with Crippen LogP contribution in [-0.4, -0.2) is 48.7 Å². The first-order chi connectivity index (χ1) is 15.4. The number of nitrogens with zero attached hydrogens (tertiary/aromatic N) is 3. The molecule has 0 unspecified atom stereocenters. The lowest BCUT2D eigenvalue weighted by atomic mass is 10.1. The summed E-state index contributed by atoms with van der Waals surface area (Å²) in [7, 11) is 6.45. The van der Waals surface area contributed by atoms with Gasteiger partial charge in [-0.15, -0.1) is 0 Å². The van der Waals surface area contributed by atoms with Crippen molar-refractivity contribution in [3.63, 3.8) is 0 Å². The van der Waals surface area contributed by atoms with Crippen LogP contribution in [0.5, 0.6) is 17.2 Å². The van der Waals surface area contributed by atoms with Crippen molar-refractivity contribution in [2.75, 3.05) is 28.4 Å². The van der Waals surface area contributed by atoms with E-state index < -0.39 is 0 Å². The van der Waals surface area contributed by atoms with E-state index in [0.717, 1.165) is 16.9 Å². The fourth-order valence-electron chi connectivity index (χ4n) is 3.61. The van der Waals surface area contributed by atoms with E-state index in [1.165, 1.54) is 25.1 Å². The summed E-state index contributed by atoms with van der Waals surface area (Å²) < 4.78 is 17.5. The van der Waals surface area contributed by atoms with Gasteiger partial charge in [-0.05, 0) is 25.5 Å². The van der Waals surface area contributed by atoms with E-state index in [4.69, 9.17) is 14.2 Å². The monoisotopic (exact) mass is 439 g/mol. The first-order valence-electron chi connectivity index (χ1n) is 10.4. The largest absolute Gasteiger partial charge is 0.496 e. The number of hydrogen-bond acceptors (Lipinski definition) is 6. The molecule has 2 aromatic carbocycles. The third-order valence-corrected chi connectivity index (χ3v) is 5.39. The Morgan fingerprint density at radius 2 is 1.72 bits per heavy atom. The van der Waals surface area contributed by atoms with Crippen molar-refractivity contribution in [2.24, 2.45) is 0 Å². The van der Waals surface area contributed by atoms with Gasteiger partial charge in [0.05, 0.1) is 38.6 Å². The Hall–Kier alpha value is -3.55. The van der Waals surface area contributed by atoms with Gasteiger partial charge in [0.25, 0.3) is 5.56 Å². The number of carbonyl (C=O) groups excluding carboxylic acids is 1. The standard InChI is InChI=1S/C24H29N3O5/c1-16-8-9-20(30-3)17(11-16)14-26(2)23(28)7-6-10-27-15-25-19-13-22(32-5)21(31-4)12-18(19)24(27)29/h8-9,11-13,15H,6-7,10,14H2,1-5H3. The number of benzene rings is 2. The Morgan fingerprint density at radius 1 is 1.03 bits per heavy atom. The molecule has 8 nitrogen and oxygen atoms in total. The second-order valence-corrected chi connectivity index (χ2v) is 7.64. The van der Waals surface area contributed by atoms with Crippen molar-refractivity contribution < 1.29 is 19.0 Å². The summed E-state index contributed by atoms with van der Waals surface area (Å²) in [5.74, 6) is 1.75. The van der Waals surface area contributed by atoms with Crippen LogP contribution in [-0.2, 0) is 17.9 Å². The number of carbonyl (C=O) groups is 1. The highest BCUT2D eigenvalue weighted by Gasteiger charge is 2.14. The maximum Gasteiger partial charge on any atom is 0.261 e. The number of aromatic nitrogens is 2. The Kier molecular flexibility index (Phi) is 7.35. The van der Waals surface area contributed by atoms with E-state index in [1.54, 1.807) is 31.2 Å². The van der Waals surface area contributed by atoms with Crippen LogP contribution in [0.15, 0.2) is 41.5 Å². The van der Waals surface area contributed by atoms with Gasteiger partial charge in [0.2, 0.25) is 5.91 Å². The van der Waals surface area contributed by atoms with E-state index in [1.807, 2.05) is 25.1 Å². The average Bonchev–Trinajstić information content (AvgIpc) is 2.79. The molecule has 8 heteroatoms. The van der Waals surface area contributed by atoms with Crippen LogP contribution in [0.3, 0.4) is 0 Å². The molecule has 0 fully saturated rings. The molecule has 1 heterocycles. The predicted octanol–water partition coefficient (Wildman–Crippen LogP) is 3.17. The van der Waals surface area contributed by atoms with Gasteiger partial charge < -0.3 is 19.1 Å². The Bertz CT molecular complexity index is 1170. The molecular formula is C24H29N3O5. The number of methoxy groups -OCH3 is 3. The van der Waals surface area contributed by atoms with Crippen LogP contribution in [0.2, 0.25) is 0 Å². The van der Waals surface area contributed by atoms with Gasteiger partial charge in [0, 0.05) is 38.2 Å². The zero-order chi connectivity index (χ0) is 23.3. The van der Waals surface area contributed by atoms with Crippen LogP contribution in [0.25, 0.3) is 10.9 Å². The topological polar surface area (TPSA) is 82.9 Å². The minimum atomic E-state index is -0.179. The first-order valence-corrected chi connectivity index (χ1v) is 10.4. The molecule has 1 amide bonds. The van der Waals surface area contributed by atoms with E-state index in [2.05, 4.69) is 4.98 Å². The second kappa shape index (κ2) is 10.2. The van der Waals surface area contributed by atoms with E-state index in [9.17, 15) is 9.59 Å². The number of aryl methyl sites for hydroxylation is 2. The number of ether oxygens (including phenoxy) is 3. The minimum absolute atomic E-state index is 0.00163. The molecule has 0 radical (unpaired) electrons. The van der Waals surface area contributed by atoms with E-state index in [0.29, 0.717) is 48.3 Å². The SMILES string of the molecule is COc1ccc(C)cc1CN(C)C(=O)CCCn1cnc2cc(OC)c(OC)cc2c1=O. The van der Waals surface area contributed by atoms with Gasteiger partial charge in [-0.25, -0.2) is 4.98 Å². The normalized spacial score (nSPS) is 10.8. The van der Waals surface area contributed by atoms with Gasteiger partial charge in [-0.2, -0.15) is 0 Å². The molecule has 0 aliphatic rings. The third kappa shape index (κ3) is 5.01. The molecule has 0 N–H and O–H groups in total. The predicted molar refractivity (Wildman–Crippen MR) is 123 cm³/mol. The zero-order valence-electron chi connectivity index (χ0n) is 19.2. The molecule has 170 valence electrons. The molecule has 0 saturated carbocycles. The molecule has 0 saturated heterocycles. The van der Waals surface area contributed by atoms with Crippen LogP contribution < -0.4 is 19.8 Å². The highest BCUT2D eigenvalue weighted by molar-refractivity contribution is 5.81. The summed E-state index contributed by atoms with van der Waals surface area (Å²) in [6.45, 7) is 2.86. The lowest BCUT2D eigenvalue weighted by Crippen LogP contribution is -2.27. The van der Waals surface area contributed by atoms with Gasteiger partial charge in [-0.3, -0.25) is 14.2 Å². The average molecular weight is 440 g/mol. The Morgan fingerprint density at radius 3 is 2.41 bits per heavy atom. The lowest BCUT2D eigenvalue weighted by Gasteiger charge is -2.19. The van der Waals surface area contributed by atoms with Crippen LogP contribution in [0.4, 0.5) is 0 Å². The van der Waals surface area contributed by atoms with Crippen molar-refractivity contribution in [1.29, 1.82) is 0 Å². The molecule has 0 spiro atoms. The number of hydrogen-bond donors (Lipinski definition) is 0. The molecule has 0 aliphatic carbocycles. The minimum Gasteiger partial charge on any atom is -0.496 e.